The van der Waals surface area contributed by atoms with Crippen LogP contribution in [-0.2, 0) is 13.0 Å². The Hall–Kier alpha value is -2.74. The number of aromatic nitrogens is 5. The molecule has 3 aromatic rings. The Morgan fingerprint density at radius 2 is 2.00 bits per heavy atom. The summed E-state index contributed by atoms with van der Waals surface area (Å²) >= 11 is 6.07. The largest absolute Gasteiger partial charge is 0.350 e. The third kappa shape index (κ3) is 4.33. The van der Waals surface area contributed by atoms with Crippen LogP contribution in [0.1, 0.15) is 42.8 Å². The predicted molar refractivity (Wildman–Crippen MR) is 102 cm³/mol. The molecule has 1 aromatic carbocycles. The fourth-order valence-corrected chi connectivity index (χ4v) is 2.90. The van der Waals surface area contributed by atoms with Crippen molar-refractivity contribution in [1.82, 2.24) is 25.1 Å². The van der Waals surface area contributed by atoms with Gasteiger partial charge in [-0.05, 0) is 30.5 Å². The predicted octanol–water partition coefficient (Wildman–Crippen LogP) is 4.18. The lowest BCUT2D eigenvalue weighted by Gasteiger charge is -2.09. The van der Waals surface area contributed by atoms with Gasteiger partial charge in [0.1, 0.15) is 11.6 Å². The van der Waals surface area contributed by atoms with Gasteiger partial charge in [-0.2, -0.15) is 20.1 Å². The van der Waals surface area contributed by atoms with Crippen molar-refractivity contribution in [2.45, 2.75) is 38.6 Å². The summed E-state index contributed by atoms with van der Waals surface area (Å²) in [5.41, 5.74) is 1.89. The number of aromatic amines is 1. The lowest BCUT2D eigenvalue weighted by atomic mass is 10.2. The van der Waals surface area contributed by atoms with E-state index in [1.165, 1.54) is 25.0 Å². The number of nitrogens with one attached hydrogen (secondary N) is 3. The first-order valence-electron chi connectivity index (χ1n) is 8.86. The quantitative estimate of drug-likeness (QED) is 0.563. The molecule has 9 heteroatoms. The SMILES string of the molecule is CCc1nc(NCc2ccc(F)cc2Cl)nc(Nc2cc(C3CC3)[nH]n2)n1. The van der Waals surface area contributed by atoms with Crippen molar-refractivity contribution in [3.05, 3.63) is 52.2 Å². The van der Waals surface area contributed by atoms with Crippen LogP contribution in [0.2, 0.25) is 5.02 Å². The average Bonchev–Trinajstić information content (AvgIpc) is 3.40. The molecule has 1 aliphatic rings. The highest BCUT2D eigenvalue weighted by atomic mass is 35.5. The summed E-state index contributed by atoms with van der Waals surface area (Å²) in [4.78, 5) is 13.2. The normalized spacial score (nSPS) is 13.6. The van der Waals surface area contributed by atoms with Gasteiger partial charge in [0.2, 0.25) is 11.9 Å². The Bertz CT molecular complexity index is 955. The number of hydrogen-bond acceptors (Lipinski definition) is 6. The number of nitrogens with zero attached hydrogens (tertiary/aromatic N) is 4. The summed E-state index contributed by atoms with van der Waals surface area (Å²) in [5.74, 6) is 2.39. The molecule has 2 aromatic heterocycles. The van der Waals surface area contributed by atoms with Crippen LogP contribution in [0.3, 0.4) is 0 Å². The van der Waals surface area contributed by atoms with E-state index in [1.54, 1.807) is 6.07 Å². The molecule has 4 rings (SSSR count). The van der Waals surface area contributed by atoms with Crippen LogP contribution in [0.4, 0.5) is 22.1 Å². The second-order valence-electron chi connectivity index (χ2n) is 6.45. The van der Waals surface area contributed by atoms with Gasteiger partial charge < -0.3 is 10.6 Å². The molecule has 7 nitrogen and oxygen atoms in total. The van der Waals surface area contributed by atoms with Gasteiger partial charge in [0, 0.05) is 35.7 Å². The van der Waals surface area contributed by atoms with Crippen LogP contribution in [0, 0.1) is 5.82 Å². The van der Waals surface area contributed by atoms with E-state index in [2.05, 4.69) is 35.8 Å². The van der Waals surface area contributed by atoms with Gasteiger partial charge >= 0.3 is 0 Å². The molecule has 2 heterocycles. The summed E-state index contributed by atoms with van der Waals surface area (Å²) in [6.07, 6.45) is 3.07. The summed E-state index contributed by atoms with van der Waals surface area (Å²) in [6, 6.07) is 6.27. The minimum absolute atomic E-state index is 0.356. The minimum atomic E-state index is -0.367. The van der Waals surface area contributed by atoms with Crippen molar-refractivity contribution in [2.75, 3.05) is 10.6 Å². The molecular formula is C18H19ClFN7. The number of halogens is 2. The van der Waals surface area contributed by atoms with E-state index in [-0.39, 0.29) is 5.82 Å². The van der Waals surface area contributed by atoms with Gasteiger partial charge in [-0.3, -0.25) is 5.10 Å². The third-order valence-corrected chi connectivity index (χ3v) is 4.66. The molecule has 0 spiro atoms. The number of benzene rings is 1. The van der Waals surface area contributed by atoms with Crippen LogP contribution in [0.5, 0.6) is 0 Å². The highest BCUT2D eigenvalue weighted by molar-refractivity contribution is 6.31. The topological polar surface area (TPSA) is 91.4 Å². The fourth-order valence-electron chi connectivity index (χ4n) is 2.67. The van der Waals surface area contributed by atoms with Gasteiger partial charge in [-0.1, -0.05) is 24.6 Å². The molecule has 0 aliphatic heterocycles. The summed E-state index contributed by atoms with van der Waals surface area (Å²) in [7, 11) is 0. The summed E-state index contributed by atoms with van der Waals surface area (Å²) < 4.78 is 13.2. The molecule has 1 fully saturated rings. The standard InChI is InChI=1S/C18H19ClFN7/c1-2-15-22-17(21-9-11-5-6-12(20)7-13(11)19)25-18(23-15)24-16-8-14(26-27-16)10-3-4-10/h5-8,10H,2-4,9H2,1H3,(H3,21,22,23,24,25,26,27). The highest BCUT2D eigenvalue weighted by Crippen LogP contribution is 2.39. The van der Waals surface area contributed by atoms with Crippen LogP contribution >= 0.6 is 11.6 Å². The first-order chi connectivity index (χ1) is 13.1. The maximum atomic E-state index is 13.2. The maximum absolute atomic E-state index is 13.2. The average molecular weight is 388 g/mol. The second kappa shape index (κ2) is 7.48. The molecule has 0 saturated heterocycles. The second-order valence-corrected chi connectivity index (χ2v) is 6.86. The molecule has 0 atom stereocenters. The Balaban J connectivity index is 1.49. The number of anilines is 3. The van der Waals surface area contributed by atoms with E-state index in [4.69, 9.17) is 11.6 Å². The van der Waals surface area contributed by atoms with E-state index in [1.807, 2.05) is 13.0 Å². The Morgan fingerprint density at radius 3 is 2.74 bits per heavy atom. The highest BCUT2D eigenvalue weighted by Gasteiger charge is 2.25. The van der Waals surface area contributed by atoms with Gasteiger partial charge in [0.15, 0.2) is 5.82 Å². The zero-order valence-electron chi connectivity index (χ0n) is 14.8. The van der Waals surface area contributed by atoms with Gasteiger partial charge in [-0.25, -0.2) is 4.39 Å². The van der Waals surface area contributed by atoms with E-state index in [9.17, 15) is 4.39 Å². The van der Waals surface area contributed by atoms with E-state index < -0.39 is 0 Å². The zero-order chi connectivity index (χ0) is 18.8. The Morgan fingerprint density at radius 1 is 1.19 bits per heavy atom. The monoisotopic (exact) mass is 387 g/mol. The molecule has 0 unspecified atom stereocenters. The van der Waals surface area contributed by atoms with Gasteiger partial charge in [0.05, 0.1) is 0 Å². The molecule has 0 amide bonds. The van der Waals surface area contributed by atoms with Gasteiger partial charge in [0.25, 0.3) is 0 Å². The number of hydrogen-bond donors (Lipinski definition) is 3. The summed E-state index contributed by atoms with van der Waals surface area (Å²) in [6.45, 7) is 2.35. The lowest BCUT2D eigenvalue weighted by Crippen LogP contribution is -2.10. The number of aryl methyl sites for hydroxylation is 1. The third-order valence-electron chi connectivity index (χ3n) is 4.30. The van der Waals surface area contributed by atoms with E-state index >= 15 is 0 Å². The van der Waals surface area contributed by atoms with Crippen molar-refractivity contribution in [3.8, 4) is 0 Å². The van der Waals surface area contributed by atoms with Crippen LogP contribution < -0.4 is 10.6 Å². The molecule has 140 valence electrons. The smallest absolute Gasteiger partial charge is 0.233 e. The number of rotatable bonds is 7. The first-order valence-corrected chi connectivity index (χ1v) is 9.23. The van der Waals surface area contributed by atoms with E-state index in [0.29, 0.717) is 47.4 Å². The minimum Gasteiger partial charge on any atom is -0.350 e. The molecule has 0 bridgehead atoms. The van der Waals surface area contributed by atoms with Crippen molar-refractivity contribution in [1.29, 1.82) is 0 Å². The van der Waals surface area contributed by atoms with Crippen molar-refractivity contribution in [2.24, 2.45) is 0 Å². The molecular weight excluding hydrogens is 369 g/mol. The number of H-pyrrole nitrogens is 1. The Kier molecular flexibility index (Phi) is 4.89. The molecule has 1 aliphatic carbocycles. The molecule has 3 N–H and O–H groups in total. The van der Waals surface area contributed by atoms with Crippen molar-refractivity contribution >= 4 is 29.3 Å². The summed E-state index contributed by atoms with van der Waals surface area (Å²) in [5, 5.41) is 13.9. The molecule has 27 heavy (non-hydrogen) atoms. The fraction of sp³-hybridized carbons (Fsp3) is 0.333. The maximum Gasteiger partial charge on any atom is 0.233 e. The van der Waals surface area contributed by atoms with E-state index in [0.717, 1.165) is 11.3 Å². The molecule has 0 radical (unpaired) electrons. The van der Waals surface area contributed by atoms with Gasteiger partial charge in [-0.15, -0.1) is 0 Å². The first kappa shape index (κ1) is 17.7. The van der Waals surface area contributed by atoms with Crippen molar-refractivity contribution in [3.63, 3.8) is 0 Å². The van der Waals surface area contributed by atoms with Crippen molar-refractivity contribution < 1.29 is 4.39 Å². The Labute approximate surface area is 160 Å². The van der Waals surface area contributed by atoms with Crippen LogP contribution in [-0.4, -0.2) is 25.1 Å². The van der Waals surface area contributed by atoms with Crippen LogP contribution in [0.15, 0.2) is 24.3 Å². The van der Waals surface area contributed by atoms with Crippen LogP contribution in [0.25, 0.3) is 0 Å². The lowest BCUT2D eigenvalue weighted by molar-refractivity contribution is 0.627. The molecule has 1 saturated carbocycles. The zero-order valence-corrected chi connectivity index (χ0v) is 15.5.